The van der Waals surface area contributed by atoms with Gasteiger partial charge in [-0.2, -0.15) is 10.1 Å². The van der Waals surface area contributed by atoms with Crippen molar-refractivity contribution >= 4 is 52.0 Å². The van der Waals surface area contributed by atoms with Crippen molar-refractivity contribution in [2.45, 2.75) is 89.7 Å². The van der Waals surface area contributed by atoms with E-state index in [0.717, 1.165) is 100 Å². The van der Waals surface area contributed by atoms with Crippen LogP contribution in [0.25, 0.3) is 10.9 Å². The zero-order valence-electron chi connectivity index (χ0n) is 34.1. The highest BCUT2D eigenvalue weighted by molar-refractivity contribution is 6.05. The van der Waals surface area contributed by atoms with E-state index in [1.54, 1.807) is 19.4 Å². The van der Waals surface area contributed by atoms with Crippen LogP contribution < -0.4 is 20.4 Å². The first-order valence-corrected chi connectivity index (χ1v) is 21.0. The molecule has 5 aliphatic heterocycles. The molecule has 312 valence electrons. The molecule has 0 spiro atoms. The van der Waals surface area contributed by atoms with Gasteiger partial charge in [-0.25, -0.2) is 14.4 Å². The van der Waals surface area contributed by atoms with Gasteiger partial charge in [0.2, 0.25) is 17.8 Å². The van der Waals surface area contributed by atoms with Crippen LogP contribution in [0.2, 0.25) is 0 Å². The predicted octanol–water partition coefficient (Wildman–Crippen LogP) is 3.85. The van der Waals surface area contributed by atoms with Gasteiger partial charge in [-0.3, -0.25) is 34.2 Å². The lowest BCUT2D eigenvalue weighted by Gasteiger charge is -2.43. The van der Waals surface area contributed by atoms with Gasteiger partial charge in [0, 0.05) is 121 Å². The van der Waals surface area contributed by atoms with Gasteiger partial charge >= 0.3 is 0 Å². The molecule has 0 bridgehead atoms. The van der Waals surface area contributed by atoms with Crippen LogP contribution in [-0.4, -0.2) is 135 Å². The number of hydrogen-bond donors (Lipinski definition) is 2. The van der Waals surface area contributed by atoms with Crippen LogP contribution in [0, 0.1) is 5.82 Å². The Balaban J connectivity index is 0.794. The van der Waals surface area contributed by atoms with Crippen molar-refractivity contribution in [2.24, 2.45) is 0 Å². The molecule has 1 aromatic carbocycles. The van der Waals surface area contributed by atoms with E-state index in [1.807, 2.05) is 12.3 Å². The molecule has 9 rings (SSSR count). The number of pyridine rings is 1. The Kier molecular flexibility index (Phi) is 10.9. The first-order valence-electron chi connectivity index (χ1n) is 21.0. The summed E-state index contributed by atoms with van der Waals surface area (Å²) >= 11 is 0. The van der Waals surface area contributed by atoms with E-state index in [1.165, 1.54) is 11.0 Å². The quantitative estimate of drug-likeness (QED) is 0.223. The molecule has 2 N–H and O–H groups in total. The van der Waals surface area contributed by atoms with E-state index in [2.05, 4.69) is 59.8 Å². The highest BCUT2D eigenvalue weighted by Gasteiger charge is 2.40. The van der Waals surface area contributed by atoms with Gasteiger partial charge in [-0.15, -0.1) is 0 Å². The SMILES string of the molecule is COC1CCN(c2nccc(Nc3cc4c(cn3)c(N3CCC(N5CCN(Cc6cc7c(cc6F)C(=O)N(C6CCC(=O)NC6=O)C7)CC5)CC3)nn4C(C)C)n2)CC1. The molecule has 16 nitrogen and oxygen atoms in total. The fraction of sp³-hybridized carbons (Fsp3) is 0.548. The summed E-state index contributed by atoms with van der Waals surface area (Å²) in [5.74, 6) is 1.52. The summed E-state index contributed by atoms with van der Waals surface area (Å²) in [6, 6.07) is 6.95. The van der Waals surface area contributed by atoms with E-state index in [0.29, 0.717) is 41.3 Å². The topological polar surface area (TPSA) is 157 Å². The van der Waals surface area contributed by atoms with Crippen LogP contribution in [0.3, 0.4) is 0 Å². The number of fused-ring (bicyclic) bond motifs is 2. The second kappa shape index (κ2) is 16.4. The van der Waals surface area contributed by atoms with Gasteiger partial charge in [-0.05, 0) is 69.7 Å². The molecule has 3 amide bonds. The Labute approximate surface area is 343 Å². The van der Waals surface area contributed by atoms with Crippen LogP contribution >= 0.6 is 0 Å². The van der Waals surface area contributed by atoms with E-state index in [4.69, 9.17) is 19.8 Å². The predicted molar refractivity (Wildman–Crippen MR) is 220 cm³/mol. The maximum absolute atomic E-state index is 15.4. The fourth-order valence-electron chi connectivity index (χ4n) is 9.44. The largest absolute Gasteiger partial charge is 0.381 e. The highest BCUT2D eigenvalue weighted by atomic mass is 19.1. The van der Waals surface area contributed by atoms with Crippen molar-refractivity contribution in [3.8, 4) is 0 Å². The van der Waals surface area contributed by atoms with Crippen molar-refractivity contribution < 1.29 is 23.5 Å². The number of aromatic nitrogens is 5. The lowest BCUT2D eigenvalue weighted by Crippen LogP contribution is -2.53. The van der Waals surface area contributed by atoms with Crippen LogP contribution in [0.15, 0.2) is 36.7 Å². The first kappa shape index (κ1) is 39.2. The maximum Gasteiger partial charge on any atom is 0.255 e. The summed E-state index contributed by atoms with van der Waals surface area (Å²) in [6.07, 6.45) is 8.43. The van der Waals surface area contributed by atoms with Crippen molar-refractivity contribution in [2.75, 3.05) is 74.6 Å². The number of rotatable bonds is 10. The van der Waals surface area contributed by atoms with Crippen molar-refractivity contribution in [3.05, 3.63) is 59.2 Å². The van der Waals surface area contributed by atoms with Crippen LogP contribution in [0.5, 0.6) is 0 Å². The molecule has 0 radical (unpaired) electrons. The number of piperazine rings is 1. The Morgan fingerprint density at radius 2 is 1.68 bits per heavy atom. The van der Waals surface area contributed by atoms with Gasteiger partial charge in [0.25, 0.3) is 5.91 Å². The van der Waals surface area contributed by atoms with Gasteiger partial charge < -0.3 is 24.8 Å². The second-order valence-electron chi connectivity index (χ2n) is 16.8. The average molecular weight is 809 g/mol. The fourth-order valence-corrected chi connectivity index (χ4v) is 9.44. The average Bonchev–Trinajstić information content (AvgIpc) is 3.78. The third-order valence-corrected chi connectivity index (χ3v) is 12.8. The number of methoxy groups -OCH3 is 1. The van der Waals surface area contributed by atoms with Crippen LogP contribution in [-0.2, 0) is 27.4 Å². The number of ether oxygens (including phenoxy) is 1. The molecule has 17 heteroatoms. The number of carbonyl (C=O) groups is 3. The molecular weight excluding hydrogens is 756 g/mol. The van der Waals surface area contributed by atoms with E-state index in [-0.39, 0.29) is 43.3 Å². The molecule has 1 unspecified atom stereocenters. The van der Waals surface area contributed by atoms with E-state index >= 15 is 4.39 Å². The molecule has 0 saturated carbocycles. The first-order chi connectivity index (χ1) is 28.6. The molecule has 8 heterocycles. The summed E-state index contributed by atoms with van der Waals surface area (Å²) in [5.41, 5.74) is 2.62. The third kappa shape index (κ3) is 7.94. The summed E-state index contributed by atoms with van der Waals surface area (Å²) in [4.78, 5) is 62.3. The number of anilines is 4. The Bertz CT molecular complexity index is 2230. The number of hydrogen-bond acceptors (Lipinski definition) is 13. The minimum atomic E-state index is -0.718. The zero-order valence-corrected chi connectivity index (χ0v) is 34.1. The molecule has 0 aliphatic carbocycles. The summed E-state index contributed by atoms with van der Waals surface area (Å²) < 4.78 is 23.0. The van der Waals surface area contributed by atoms with Crippen LogP contribution in [0.4, 0.5) is 27.8 Å². The number of nitrogens with zero attached hydrogens (tertiary/aromatic N) is 10. The third-order valence-electron chi connectivity index (χ3n) is 12.8. The van der Waals surface area contributed by atoms with Crippen molar-refractivity contribution in [1.82, 2.24) is 44.7 Å². The van der Waals surface area contributed by atoms with Crippen molar-refractivity contribution in [3.63, 3.8) is 0 Å². The van der Waals surface area contributed by atoms with Crippen LogP contribution in [0.1, 0.15) is 79.9 Å². The molecular formula is C42H53FN12O4. The number of amides is 3. The Hall–Kier alpha value is -5.26. The minimum absolute atomic E-state index is 0.163. The maximum atomic E-state index is 15.4. The normalized spacial score (nSPS) is 21.5. The molecule has 5 aliphatic rings. The number of benzene rings is 1. The number of nitrogens with one attached hydrogen (secondary N) is 2. The number of carbonyl (C=O) groups excluding carboxylic acids is 3. The van der Waals surface area contributed by atoms with Gasteiger partial charge in [0.1, 0.15) is 23.5 Å². The lowest BCUT2D eigenvalue weighted by atomic mass is 10.0. The van der Waals surface area contributed by atoms with Crippen molar-refractivity contribution in [1.29, 1.82) is 0 Å². The smallest absolute Gasteiger partial charge is 0.255 e. The summed E-state index contributed by atoms with van der Waals surface area (Å²) in [7, 11) is 1.77. The van der Waals surface area contributed by atoms with E-state index < -0.39 is 17.8 Å². The standard InChI is InChI=1S/C42H53FN12O4/c1-26(2)55-35-22-37(46-36-6-11-44-42(47-36)53-14-9-30(59-3)10-15-53)45-23-32(35)39(49-55)52-12-7-29(8-13-52)51-18-16-50(17-19-51)24-28-20-27-25-54(41(58)31(27)21-33(28)43)34-4-5-38(56)48-40(34)57/h6,11,20-23,26,29-30,34H,4-5,7-10,12-19,24-25H2,1-3H3,(H,48,56,57)(H,44,45,46,47). The van der Waals surface area contributed by atoms with Gasteiger partial charge in [0.05, 0.1) is 17.0 Å². The summed E-state index contributed by atoms with van der Waals surface area (Å²) in [6.45, 7) is 12.0. The van der Waals surface area contributed by atoms with E-state index in [9.17, 15) is 14.4 Å². The van der Waals surface area contributed by atoms with Gasteiger partial charge in [0.15, 0.2) is 5.82 Å². The molecule has 3 aromatic heterocycles. The monoisotopic (exact) mass is 808 g/mol. The van der Waals surface area contributed by atoms with Gasteiger partial charge in [-0.1, -0.05) is 0 Å². The zero-order chi connectivity index (χ0) is 40.8. The lowest BCUT2D eigenvalue weighted by molar-refractivity contribution is -0.136. The number of halogens is 1. The summed E-state index contributed by atoms with van der Waals surface area (Å²) in [5, 5.41) is 11.9. The minimum Gasteiger partial charge on any atom is -0.381 e. The molecule has 59 heavy (non-hydrogen) atoms. The Morgan fingerprint density at radius 3 is 2.41 bits per heavy atom. The molecule has 4 saturated heterocycles. The highest BCUT2D eigenvalue weighted by Crippen LogP contribution is 2.34. The molecule has 4 aromatic rings. The Morgan fingerprint density at radius 1 is 0.915 bits per heavy atom. The second-order valence-corrected chi connectivity index (χ2v) is 16.8. The molecule has 1 atom stereocenters. The molecule has 4 fully saturated rings. The number of piperidine rings is 3. The number of imide groups is 1.